The van der Waals surface area contributed by atoms with Crippen molar-refractivity contribution in [3.8, 4) is 0 Å². The largest absolute Gasteiger partial charge is 0.339 e. The summed E-state index contributed by atoms with van der Waals surface area (Å²) in [6.45, 7) is 0.694. The highest BCUT2D eigenvalue weighted by atomic mass is 32.2. The molecule has 1 aliphatic rings. The number of nitrogens with one attached hydrogen (secondary N) is 1. The highest BCUT2D eigenvalue weighted by Crippen LogP contribution is 2.17. The van der Waals surface area contributed by atoms with Gasteiger partial charge in [-0.2, -0.15) is 28.5 Å². The zero-order valence-electron chi connectivity index (χ0n) is 11.1. The van der Waals surface area contributed by atoms with E-state index in [9.17, 15) is 0 Å². The van der Waals surface area contributed by atoms with E-state index < -0.39 is 0 Å². The monoisotopic (exact) mass is 327 g/mol. The Morgan fingerprint density at radius 3 is 2.90 bits per heavy atom. The normalized spacial score (nSPS) is 17.2. The molecule has 1 fully saturated rings. The van der Waals surface area contributed by atoms with E-state index in [0.29, 0.717) is 18.5 Å². The van der Waals surface area contributed by atoms with Crippen LogP contribution in [-0.2, 0) is 13.0 Å². The van der Waals surface area contributed by atoms with Crippen molar-refractivity contribution in [3.05, 3.63) is 34.1 Å². The minimum Gasteiger partial charge on any atom is -0.339 e. The van der Waals surface area contributed by atoms with Crippen molar-refractivity contribution in [2.45, 2.75) is 19.0 Å². The van der Waals surface area contributed by atoms with Gasteiger partial charge in [-0.15, -0.1) is 11.3 Å². The molecule has 2 aromatic rings. The van der Waals surface area contributed by atoms with Gasteiger partial charge in [0.15, 0.2) is 5.82 Å². The Bertz CT molecular complexity index is 507. The number of hydrogen-bond donors (Lipinski definition) is 1. The van der Waals surface area contributed by atoms with Crippen LogP contribution in [0.1, 0.15) is 16.6 Å². The van der Waals surface area contributed by atoms with Crippen LogP contribution in [0, 0.1) is 0 Å². The molecule has 2 aromatic heterocycles. The molecule has 0 atom stereocenters. The van der Waals surface area contributed by atoms with Gasteiger partial charge >= 0.3 is 0 Å². The van der Waals surface area contributed by atoms with E-state index in [1.165, 1.54) is 27.9 Å². The first-order valence-corrected chi connectivity index (χ1v) is 9.82. The maximum atomic E-state index is 5.30. The summed E-state index contributed by atoms with van der Waals surface area (Å²) in [5.74, 6) is 6.33. The Labute approximate surface area is 131 Å². The first-order chi connectivity index (χ1) is 9.90. The predicted molar refractivity (Wildman–Crippen MR) is 86.7 cm³/mol. The fourth-order valence-corrected chi connectivity index (χ4v) is 5.13. The molecule has 7 heteroatoms. The lowest BCUT2D eigenvalue weighted by atomic mass is 10.3. The standard InChI is InChI=1S/C13H17N3OS3/c1-2-11(20-3-1)6-13-15-12(16-17-13)7-14-10-8-18-4-5-19-9-10/h1-3,10,14H,4-9H2. The number of thiophene rings is 1. The van der Waals surface area contributed by atoms with Crippen molar-refractivity contribution in [1.82, 2.24) is 15.5 Å². The maximum Gasteiger partial charge on any atom is 0.231 e. The van der Waals surface area contributed by atoms with Crippen molar-refractivity contribution in [2.24, 2.45) is 0 Å². The predicted octanol–water partition coefficient (Wildman–Crippen LogP) is 2.66. The van der Waals surface area contributed by atoms with Crippen LogP contribution in [0.2, 0.25) is 0 Å². The maximum absolute atomic E-state index is 5.30. The van der Waals surface area contributed by atoms with Gasteiger partial charge in [0.25, 0.3) is 0 Å². The Morgan fingerprint density at radius 2 is 2.15 bits per heavy atom. The molecule has 0 spiro atoms. The third kappa shape index (κ3) is 4.25. The van der Waals surface area contributed by atoms with Crippen molar-refractivity contribution in [1.29, 1.82) is 0 Å². The number of hydrogen-bond acceptors (Lipinski definition) is 7. The van der Waals surface area contributed by atoms with Gasteiger partial charge in [0.1, 0.15) is 0 Å². The van der Waals surface area contributed by atoms with Crippen LogP contribution in [0.5, 0.6) is 0 Å². The molecule has 0 aromatic carbocycles. The van der Waals surface area contributed by atoms with Gasteiger partial charge in [-0.05, 0) is 11.4 Å². The zero-order chi connectivity index (χ0) is 13.6. The van der Waals surface area contributed by atoms with Gasteiger partial charge in [-0.1, -0.05) is 11.2 Å². The Hall–Kier alpha value is -0.500. The lowest BCUT2D eigenvalue weighted by Crippen LogP contribution is -2.33. The highest BCUT2D eigenvalue weighted by Gasteiger charge is 2.14. The van der Waals surface area contributed by atoms with E-state index in [2.05, 4.69) is 26.9 Å². The van der Waals surface area contributed by atoms with Gasteiger partial charge in [-0.3, -0.25) is 0 Å². The van der Waals surface area contributed by atoms with Gasteiger partial charge in [0.2, 0.25) is 5.89 Å². The Morgan fingerprint density at radius 1 is 1.30 bits per heavy atom. The first kappa shape index (κ1) is 14.4. The molecule has 20 heavy (non-hydrogen) atoms. The van der Waals surface area contributed by atoms with Gasteiger partial charge in [-0.25, -0.2) is 0 Å². The molecule has 108 valence electrons. The molecule has 3 heterocycles. The molecule has 0 amide bonds. The molecule has 3 rings (SSSR count). The lowest BCUT2D eigenvalue weighted by Gasteiger charge is -2.13. The van der Waals surface area contributed by atoms with Crippen LogP contribution >= 0.6 is 34.9 Å². The van der Waals surface area contributed by atoms with Crippen molar-refractivity contribution in [2.75, 3.05) is 23.0 Å². The third-order valence-electron chi connectivity index (χ3n) is 2.97. The smallest absolute Gasteiger partial charge is 0.231 e. The summed E-state index contributed by atoms with van der Waals surface area (Å²) in [6, 6.07) is 4.68. The summed E-state index contributed by atoms with van der Waals surface area (Å²) in [5, 5.41) is 9.64. The number of thioether (sulfide) groups is 2. The van der Waals surface area contributed by atoms with E-state index in [4.69, 9.17) is 4.52 Å². The molecule has 0 saturated carbocycles. The van der Waals surface area contributed by atoms with E-state index >= 15 is 0 Å². The fourth-order valence-electron chi connectivity index (χ4n) is 1.97. The fraction of sp³-hybridized carbons (Fsp3) is 0.538. The molecule has 1 aliphatic heterocycles. The van der Waals surface area contributed by atoms with E-state index in [-0.39, 0.29) is 0 Å². The van der Waals surface area contributed by atoms with Gasteiger partial charge in [0.05, 0.1) is 13.0 Å². The molecule has 0 radical (unpaired) electrons. The van der Waals surface area contributed by atoms with E-state index in [1.54, 1.807) is 11.3 Å². The molecule has 1 N–H and O–H groups in total. The zero-order valence-corrected chi connectivity index (χ0v) is 13.5. The van der Waals surface area contributed by atoms with E-state index in [0.717, 1.165) is 12.2 Å². The second-order valence-corrected chi connectivity index (χ2v) is 7.92. The second kappa shape index (κ2) is 7.49. The number of rotatable bonds is 5. The molecular formula is C13H17N3OS3. The minimum atomic E-state index is 0.548. The lowest BCUT2D eigenvalue weighted by molar-refractivity contribution is 0.377. The average Bonchev–Trinajstić information content (AvgIpc) is 3.05. The summed E-state index contributed by atoms with van der Waals surface area (Å²) in [6.07, 6.45) is 0.736. The average molecular weight is 328 g/mol. The van der Waals surface area contributed by atoms with Crippen molar-refractivity contribution < 1.29 is 4.52 Å². The topological polar surface area (TPSA) is 51.0 Å². The molecule has 0 aliphatic carbocycles. The van der Waals surface area contributed by atoms with Crippen LogP contribution in [0.15, 0.2) is 22.0 Å². The van der Waals surface area contributed by atoms with Crippen molar-refractivity contribution in [3.63, 3.8) is 0 Å². The highest BCUT2D eigenvalue weighted by molar-refractivity contribution is 8.03. The summed E-state index contributed by atoms with van der Waals surface area (Å²) in [4.78, 5) is 5.70. The first-order valence-electron chi connectivity index (χ1n) is 6.63. The minimum absolute atomic E-state index is 0.548. The van der Waals surface area contributed by atoms with Gasteiger partial charge in [0, 0.05) is 33.9 Å². The molecule has 1 saturated heterocycles. The molecular weight excluding hydrogens is 310 g/mol. The van der Waals surface area contributed by atoms with Crippen LogP contribution < -0.4 is 5.32 Å². The van der Waals surface area contributed by atoms with Gasteiger partial charge < -0.3 is 9.84 Å². The second-order valence-electron chi connectivity index (χ2n) is 4.59. The summed E-state index contributed by atoms with van der Waals surface area (Å²) in [5.41, 5.74) is 0. The number of nitrogens with zero attached hydrogens (tertiary/aromatic N) is 2. The molecule has 4 nitrogen and oxygen atoms in total. The number of aromatic nitrogens is 2. The Balaban J connectivity index is 1.49. The summed E-state index contributed by atoms with van der Waals surface area (Å²) >= 11 is 5.76. The summed E-state index contributed by atoms with van der Waals surface area (Å²) < 4.78 is 5.30. The quantitative estimate of drug-likeness (QED) is 0.911. The molecule has 0 unspecified atom stereocenters. The van der Waals surface area contributed by atoms with Crippen LogP contribution in [0.4, 0.5) is 0 Å². The van der Waals surface area contributed by atoms with Crippen LogP contribution in [0.25, 0.3) is 0 Å². The van der Waals surface area contributed by atoms with E-state index in [1.807, 2.05) is 29.6 Å². The van der Waals surface area contributed by atoms with Crippen LogP contribution in [-0.4, -0.2) is 39.2 Å². The van der Waals surface area contributed by atoms with Crippen LogP contribution in [0.3, 0.4) is 0 Å². The van der Waals surface area contributed by atoms with Crippen molar-refractivity contribution >= 4 is 34.9 Å². The summed E-state index contributed by atoms with van der Waals surface area (Å²) in [7, 11) is 0. The SMILES string of the molecule is c1csc(Cc2nc(CNC3CSCCSC3)no2)c1. The molecule has 0 bridgehead atoms. The Kier molecular flexibility index (Phi) is 5.41. The third-order valence-corrected chi connectivity index (χ3v) is 6.37.